The number of halogens is 2. The van der Waals surface area contributed by atoms with Gasteiger partial charge in [0.1, 0.15) is 0 Å². The first-order chi connectivity index (χ1) is 6.88. The number of rotatable bonds is 0. The second-order valence-electron chi connectivity index (χ2n) is 3.20. The van der Waals surface area contributed by atoms with Gasteiger partial charge in [0.15, 0.2) is 0 Å². The molecule has 0 N–H and O–H groups in total. The van der Waals surface area contributed by atoms with Crippen molar-refractivity contribution in [3.05, 3.63) is 55.7 Å². The molecule has 0 fully saturated rings. The van der Waals surface area contributed by atoms with Gasteiger partial charge >= 0.3 is 97.1 Å². The summed E-state index contributed by atoms with van der Waals surface area (Å²) in [4.78, 5) is 0. The van der Waals surface area contributed by atoms with E-state index in [2.05, 4.69) is 61.2 Å². The molecule has 0 amide bonds. The molecule has 70 valence electrons. The Labute approximate surface area is 96.5 Å². The van der Waals surface area contributed by atoms with Gasteiger partial charge in [-0.15, -0.1) is 0 Å². The third kappa shape index (κ3) is 1.17. The molecule has 1 aliphatic heterocycles. The van der Waals surface area contributed by atoms with Crippen LogP contribution in [0.3, 0.4) is 0 Å². The molecule has 0 unspecified atom stereocenters. The van der Waals surface area contributed by atoms with Crippen molar-refractivity contribution >= 4 is 30.3 Å². The maximum atomic E-state index is 3.89. The molecule has 0 spiro atoms. The maximum absolute atomic E-state index is 3.89. The van der Waals surface area contributed by atoms with E-state index in [0.717, 1.165) is 0 Å². The van der Waals surface area contributed by atoms with Crippen molar-refractivity contribution in [2.75, 3.05) is 0 Å². The van der Waals surface area contributed by atoms with Crippen molar-refractivity contribution < 1.29 is 0 Å². The molecule has 14 heavy (non-hydrogen) atoms. The summed E-state index contributed by atoms with van der Waals surface area (Å²) in [7, 11) is 0. The van der Waals surface area contributed by atoms with E-state index in [9.17, 15) is 0 Å². The first kappa shape index (κ1) is 8.92. The summed E-state index contributed by atoms with van der Waals surface area (Å²) in [6.07, 6.45) is 0. The summed E-state index contributed by atoms with van der Waals surface area (Å²) in [5.41, 5.74) is 2.87. The quantitative estimate of drug-likeness (QED) is 0.607. The molecule has 0 nitrogen and oxygen atoms in total. The van der Waals surface area contributed by atoms with Crippen LogP contribution in [0.4, 0.5) is 0 Å². The number of hydrogen-bond donors (Lipinski definition) is 0. The molecule has 0 bridgehead atoms. The second-order valence-corrected chi connectivity index (χ2v) is 10.9. The molecule has 2 aromatic rings. The van der Waals surface area contributed by atoms with Crippen molar-refractivity contribution in [2.24, 2.45) is 0 Å². The molecule has 2 aromatic carbocycles. The third-order valence-electron chi connectivity index (χ3n) is 2.40. The van der Waals surface area contributed by atoms with Gasteiger partial charge < -0.3 is 0 Å². The molecule has 1 aliphatic rings. The predicted molar refractivity (Wildman–Crippen MR) is 72.2 cm³/mol. The SMILES string of the molecule is BrI1c2ccccc2-c2ccccc21. The fourth-order valence-corrected chi connectivity index (χ4v) is 8.90. The van der Waals surface area contributed by atoms with E-state index < -0.39 is 17.6 Å². The van der Waals surface area contributed by atoms with Crippen LogP contribution < -0.4 is 0 Å². The molecule has 1 heterocycles. The Morgan fingerprint density at radius 1 is 0.714 bits per heavy atom. The number of fused-ring (bicyclic) bond motifs is 3. The standard InChI is InChI=1S/C12H8BrI/c13-14-11-7-3-1-5-9(11)10-6-2-4-8-12(10)14/h1-8H. The van der Waals surface area contributed by atoms with Crippen molar-refractivity contribution in [1.29, 1.82) is 0 Å². The minimum atomic E-state index is -1.21. The zero-order valence-corrected chi connectivity index (χ0v) is 11.1. The van der Waals surface area contributed by atoms with Crippen LogP contribution in [0.2, 0.25) is 0 Å². The summed E-state index contributed by atoms with van der Waals surface area (Å²) in [6, 6.07) is 17.5. The van der Waals surface area contributed by atoms with Gasteiger partial charge in [0, 0.05) is 0 Å². The summed E-state index contributed by atoms with van der Waals surface area (Å²) in [5, 5.41) is 0. The van der Waals surface area contributed by atoms with Crippen LogP contribution in [0.1, 0.15) is 0 Å². The van der Waals surface area contributed by atoms with Gasteiger partial charge in [0.05, 0.1) is 0 Å². The van der Waals surface area contributed by atoms with Gasteiger partial charge in [0.2, 0.25) is 0 Å². The monoisotopic (exact) mass is 358 g/mol. The summed E-state index contributed by atoms with van der Waals surface area (Å²) >= 11 is 2.68. The molecule has 2 heteroatoms. The van der Waals surface area contributed by atoms with E-state index in [1.54, 1.807) is 0 Å². The molecular formula is C12H8BrI. The Hall–Kier alpha value is -0.350. The van der Waals surface area contributed by atoms with E-state index in [1.165, 1.54) is 18.3 Å². The van der Waals surface area contributed by atoms with Crippen LogP contribution in [0.25, 0.3) is 11.1 Å². The van der Waals surface area contributed by atoms with E-state index >= 15 is 0 Å². The fraction of sp³-hybridized carbons (Fsp3) is 0. The number of hydrogen-bond acceptors (Lipinski definition) is 0. The third-order valence-corrected chi connectivity index (χ3v) is 10.6. The van der Waals surface area contributed by atoms with Crippen LogP contribution in [-0.2, 0) is 0 Å². The van der Waals surface area contributed by atoms with Crippen LogP contribution in [-0.4, -0.2) is 0 Å². The van der Waals surface area contributed by atoms with Gasteiger partial charge in [-0.25, -0.2) is 0 Å². The molecule has 0 aliphatic carbocycles. The summed E-state index contributed by atoms with van der Waals surface area (Å²) in [6.45, 7) is 0. The Bertz CT molecular complexity index is 448. The zero-order valence-electron chi connectivity index (χ0n) is 7.37. The Balaban J connectivity index is 2.36. The molecule has 0 aromatic heterocycles. The van der Waals surface area contributed by atoms with Gasteiger partial charge in [-0.1, -0.05) is 0 Å². The first-order valence-electron chi connectivity index (χ1n) is 4.43. The molecule has 0 saturated heterocycles. The Morgan fingerprint density at radius 3 is 1.64 bits per heavy atom. The first-order valence-corrected chi connectivity index (χ1v) is 11.4. The molecule has 0 saturated carbocycles. The van der Waals surface area contributed by atoms with Crippen LogP contribution in [0.15, 0.2) is 48.5 Å². The van der Waals surface area contributed by atoms with E-state index in [4.69, 9.17) is 0 Å². The Morgan fingerprint density at radius 2 is 1.14 bits per heavy atom. The van der Waals surface area contributed by atoms with E-state index in [0.29, 0.717) is 0 Å². The van der Waals surface area contributed by atoms with E-state index in [1.807, 2.05) is 0 Å². The van der Waals surface area contributed by atoms with Crippen LogP contribution in [0.5, 0.6) is 0 Å². The summed E-state index contributed by atoms with van der Waals surface area (Å²) in [5.74, 6) is 0. The van der Waals surface area contributed by atoms with Crippen molar-refractivity contribution in [1.82, 2.24) is 0 Å². The van der Waals surface area contributed by atoms with Gasteiger partial charge in [-0.3, -0.25) is 0 Å². The topological polar surface area (TPSA) is 0 Å². The van der Waals surface area contributed by atoms with Gasteiger partial charge in [-0.05, 0) is 0 Å². The van der Waals surface area contributed by atoms with Gasteiger partial charge in [0.25, 0.3) is 0 Å². The van der Waals surface area contributed by atoms with Gasteiger partial charge in [-0.2, -0.15) is 0 Å². The predicted octanol–water partition coefficient (Wildman–Crippen LogP) is 4.52. The molecule has 0 radical (unpaired) electrons. The van der Waals surface area contributed by atoms with Crippen molar-refractivity contribution in [3.63, 3.8) is 0 Å². The molecular weight excluding hydrogens is 351 g/mol. The Kier molecular flexibility index (Phi) is 2.13. The second kappa shape index (κ2) is 3.35. The molecule has 0 atom stereocenters. The van der Waals surface area contributed by atoms with E-state index in [-0.39, 0.29) is 0 Å². The molecule has 3 rings (SSSR count). The van der Waals surface area contributed by atoms with Crippen LogP contribution >= 0.6 is 30.3 Å². The van der Waals surface area contributed by atoms with Crippen LogP contribution in [0, 0.1) is 7.14 Å². The summed E-state index contributed by atoms with van der Waals surface area (Å²) < 4.78 is 3.08. The van der Waals surface area contributed by atoms with Crippen molar-refractivity contribution in [2.45, 2.75) is 0 Å². The fourth-order valence-electron chi connectivity index (χ4n) is 1.76. The normalized spacial score (nSPS) is 15.1. The average molecular weight is 359 g/mol. The number of benzene rings is 2. The van der Waals surface area contributed by atoms with Crippen molar-refractivity contribution in [3.8, 4) is 11.1 Å². The zero-order chi connectivity index (χ0) is 9.54. The minimum absolute atomic E-state index is 1.21. The average Bonchev–Trinajstić information content (AvgIpc) is 2.55.